The number of sulfonamides is 1. The first-order valence-corrected chi connectivity index (χ1v) is 13.7. The first-order valence-electron chi connectivity index (χ1n) is 11.5. The highest BCUT2D eigenvalue weighted by Gasteiger charge is 2.32. The van der Waals surface area contributed by atoms with Gasteiger partial charge in [0.2, 0.25) is 15.9 Å². The van der Waals surface area contributed by atoms with Gasteiger partial charge in [0.15, 0.2) is 0 Å². The maximum Gasteiger partial charge on any atom is 0.244 e. The SMILES string of the molecule is CC[C@@H](C(=O)NCc1cccc(CN2CCCCC2)c1)N(c1cc(Cl)ccc1C)S(C)(=O)=O. The highest BCUT2D eigenvalue weighted by atomic mass is 35.5. The molecule has 0 radical (unpaired) electrons. The summed E-state index contributed by atoms with van der Waals surface area (Å²) in [7, 11) is -3.71. The normalized spacial score (nSPS) is 15.8. The maximum atomic E-state index is 13.1. The minimum atomic E-state index is -3.71. The molecular formula is C25H34ClN3O3S. The van der Waals surface area contributed by atoms with Crippen molar-refractivity contribution in [2.45, 2.75) is 58.7 Å². The number of piperidine rings is 1. The van der Waals surface area contributed by atoms with Gasteiger partial charge in [0.25, 0.3) is 0 Å². The molecule has 6 nitrogen and oxygen atoms in total. The van der Waals surface area contributed by atoms with E-state index in [1.54, 1.807) is 18.2 Å². The van der Waals surface area contributed by atoms with Crippen LogP contribution in [0.25, 0.3) is 0 Å². The minimum Gasteiger partial charge on any atom is -0.350 e. The van der Waals surface area contributed by atoms with Crippen molar-refractivity contribution >= 4 is 33.2 Å². The number of hydrogen-bond acceptors (Lipinski definition) is 4. The molecule has 1 N–H and O–H groups in total. The Bertz CT molecular complexity index is 1070. The smallest absolute Gasteiger partial charge is 0.244 e. The molecular weight excluding hydrogens is 458 g/mol. The van der Waals surface area contributed by atoms with Crippen LogP contribution in [0.4, 0.5) is 5.69 Å². The standard InChI is InChI=1S/C25H34ClN3O3S/c1-4-23(29(33(3,31)32)24-16-22(26)12-11-19(24)2)25(30)27-17-20-9-8-10-21(15-20)18-28-13-6-5-7-14-28/h8-12,15-16,23H,4-7,13-14,17-18H2,1-3H3,(H,27,30)/t23-/m0/s1. The van der Waals surface area contributed by atoms with Crippen LogP contribution in [0.5, 0.6) is 0 Å². The van der Waals surface area contributed by atoms with Gasteiger partial charge in [-0.05, 0) is 68.1 Å². The molecule has 0 spiro atoms. The number of carbonyl (C=O) groups excluding carboxylic acids is 1. The molecule has 180 valence electrons. The highest BCUT2D eigenvalue weighted by molar-refractivity contribution is 7.92. The van der Waals surface area contributed by atoms with Crippen LogP contribution in [0.15, 0.2) is 42.5 Å². The van der Waals surface area contributed by atoms with E-state index in [0.717, 1.165) is 37.0 Å². The van der Waals surface area contributed by atoms with Crippen LogP contribution in [0.3, 0.4) is 0 Å². The molecule has 33 heavy (non-hydrogen) atoms. The average Bonchev–Trinajstić information content (AvgIpc) is 2.78. The first kappa shape index (κ1) is 25.5. The van der Waals surface area contributed by atoms with Crippen LogP contribution >= 0.6 is 11.6 Å². The quantitative estimate of drug-likeness (QED) is 0.561. The topological polar surface area (TPSA) is 69.7 Å². The molecule has 0 aliphatic carbocycles. The van der Waals surface area contributed by atoms with Crippen molar-refractivity contribution < 1.29 is 13.2 Å². The van der Waals surface area contributed by atoms with Crippen LogP contribution in [0.2, 0.25) is 5.02 Å². The molecule has 0 unspecified atom stereocenters. The average molecular weight is 492 g/mol. The zero-order chi connectivity index (χ0) is 24.0. The fraction of sp³-hybridized carbons (Fsp3) is 0.480. The summed E-state index contributed by atoms with van der Waals surface area (Å²) in [6, 6.07) is 12.4. The predicted molar refractivity (Wildman–Crippen MR) is 135 cm³/mol. The van der Waals surface area contributed by atoms with Gasteiger partial charge in [-0.1, -0.05) is 55.3 Å². The van der Waals surface area contributed by atoms with Gasteiger partial charge < -0.3 is 5.32 Å². The summed E-state index contributed by atoms with van der Waals surface area (Å²) >= 11 is 6.14. The lowest BCUT2D eigenvalue weighted by Gasteiger charge is -2.31. The van der Waals surface area contributed by atoms with Gasteiger partial charge in [-0.3, -0.25) is 14.0 Å². The summed E-state index contributed by atoms with van der Waals surface area (Å²) in [5.74, 6) is -0.330. The fourth-order valence-corrected chi connectivity index (χ4v) is 5.80. The lowest BCUT2D eigenvalue weighted by Crippen LogP contribution is -2.49. The zero-order valence-corrected chi connectivity index (χ0v) is 21.3. The second-order valence-corrected chi connectivity index (χ2v) is 11.1. The van der Waals surface area contributed by atoms with E-state index in [0.29, 0.717) is 23.7 Å². The third kappa shape index (κ3) is 6.95. The van der Waals surface area contributed by atoms with Crippen molar-refractivity contribution in [2.75, 3.05) is 23.7 Å². The lowest BCUT2D eigenvalue weighted by molar-refractivity contribution is -0.122. The summed E-state index contributed by atoms with van der Waals surface area (Å²) < 4.78 is 26.6. The Morgan fingerprint density at radius 2 is 1.82 bits per heavy atom. The maximum absolute atomic E-state index is 13.1. The fourth-order valence-electron chi connectivity index (χ4n) is 4.38. The molecule has 0 saturated carbocycles. The van der Waals surface area contributed by atoms with E-state index in [-0.39, 0.29) is 5.91 Å². The minimum absolute atomic E-state index is 0.330. The van der Waals surface area contributed by atoms with E-state index in [4.69, 9.17) is 11.6 Å². The van der Waals surface area contributed by atoms with Gasteiger partial charge in [-0.2, -0.15) is 0 Å². The number of carbonyl (C=O) groups is 1. The monoisotopic (exact) mass is 491 g/mol. The molecule has 3 rings (SSSR count). The van der Waals surface area contributed by atoms with Crippen LogP contribution in [-0.2, 0) is 27.9 Å². The third-order valence-electron chi connectivity index (χ3n) is 6.05. The molecule has 1 fully saturated rings. The Balaban J connectivity index is 1.73. The molecule has 0 aromatic heterocycles. The summed E-state index contributed by atoms with van der Waals surface area (Å²) in [4.78, 5) is 15.6. The molecule has 2 aromatic rings. The number of nitrogens with one attached hydrogen (secondary N) is 1. The molecule has 1 atom stereocenters. The molecule has 1 amide bonds. The predicted octanol–water partition coefficient (Wildman–Crippen LogP) is 4.50. The van der Waals surface area contributed by atoms with Gasteiger partial charge in [-0.15, -0.1) is 0 Å². The van der Waals surface area contributed by atoms with Crippen molar-refractivity contribution in [1.29, 1.82) is 0 Å². The number of likely N-dealkylation sites (tertiary alicyclic amines) is 1. The lowest BCUT2D eigenvalue weighted by atomic mass is 10.1. The van der Waals surface area contributed by atoms with Gasteiger partial charge in [0.1, 0.15) is 6.04 Å². The molecule has 2 aromatic carbocycles. The number of amides is 1. The molecule has 1 aliphatic rings. The van der Waals surface area contributed by atoms with Gasteiger partial charge >= 0.3 is 0 Å². The van der Waals surface area contributed by atoms with Crippen LogP contribution in [0, 0.1) is 6.92 Å². The molecule has 1 heterocycles. The third-order valence-corrected chi connectivity index (χ3v) is 7.45. The van der Waals surface area contributed by atoms with E-state index < -0.39 is 16.1 Å². The number of rotatable bonds is 9. The first-order chi connectivity index (χ1) is 15.7. The number of benzene rings is 2. The second-order valence-electron chi connectivity index (χ2n) is 8.79. The summed E-state index contributed by atoms with van der Waals surface area (Å²) in [5, 5.41) is 3.37. The van der Waals surface area contributed by atoms with Crippen molar-refractivity contribution in [2.24, 2.45) is 0 Å². The second kappa shape index (κ2) is 11.4. The Morgan fingerprint density at radius 3 is 2.48 bits per heavy atom. The molecule has 1 aliphatic heterocycles. The van der Waals surface area contributed by atoms with Crippen molar-refractivity contribution in [3.05, 3.63) is 64.2 Å². The van der Waals surface area contributed by atoms with Crippen LogP contribution < -0.4 is 9.62 Å². The Morgan fingerprint density at radius 1 is 1.12 bits per heavy atom. The summed E-state index contributed by atoms with van der Waals surface area (Å²) in [5.41, 5.74) is 3.39. The zero-order valence-electron chi connectivity index (χ0n) is 19.7. The van der Waals surface area contributed by atoms with Crippen LogP contribution in [-0.4, -0.2) is 44.6 Å². The van der Waals surface area contributed by atoms with Crippen molar-refractivity contribution in [3.8, 4) is 0 Å². The number of anilines is 1. The van der Waals surface area contributed by atoms with E-state index in [1.807, 2.05) is 26.0 Å². The van der Waals surface area contributed by atoms with Gasteiger partial charge in [-0.25, -0.2) is 8.42 Å². The van der Waals surface area contributed by atoms with Crippen molar-refractivity contribution in [1.82, 2.24) is 10.2 Å². The number of nitrogens with zero attached hydrogens (tertiary/aromatic N) is 2. The number of aryl methyl sites for hydroxylation is 1. The Labute approximate surface area is 203 Å². The van der Waals surface area contributed by atoms with E-state index >= 15 is 0 Å². The molecule has 0 bridgehead atoms. The van der Waals surface area contributed by atoms with Crippen LogP contribution in [0.1, 0.15) is 49.3 Å². The number of hydrogen-bond donors (Lipinski definition) is 1. The Hall–Kier alpha value is -2.09. The Kier molecular flexibility index (Phi) is 8.79. The van der Waals surface area contributed by atoms with Gasteiger partial charge in [0, 0.05) is 18.1 Å². The van der Waals surface area contributed by atoms with E-state index in [9.17, 15) is 13.2 Å². The number of halogens is 1. The highest BCUT2D eigenvalue weighted by Crippen LogP contribution is 2.29. The molecule has 8 heteroatoms. The van der Waals surface area contributed by atoms with Gasteiger partial charge in [0.05, 0.1) is 11.9 Å². The summed E-state index contributed by atoms with van der Waals surface area (Å²) in [6.45, 7) is 7.13. The largest absolute Gasteiger partial charge is 0.350 e. The van der Waals surface area contributed by atoms with Crippen molar-refractivity contribution in [3.63, 3.8) is 0 Å². The van der Waals surface area contributed by atoms with E-state index in [2.05, 4.69) is 22.3 Å². The summed E-state index contributed by atoms with van der Waals surface area (Å²) in [6.07, 6.45) is 5.25. The van der Waals surface area contributed by atoms with E-state index in [1.165, 1.54) is 29.1 Å². The molecule has 1 saturated heterocycles.